The van der Waals surface area contributed by atoms with Crippen LogP contribution in [0.4, 0.5) is 0 Å². The number of aryl methyl sites for hydroxylation is 1. The van der Waals surface area contributed by atoms with Gasteiger partial charge in [0.25, 0.3) is 0 Å². The maximum absolute atomic E-state index is 3.65. The summed E-state index contributed by atoms with van der Waals surface area (Å²) < 4.78 is 0. The van der Waals surface area contributed by atoms with Crippen LogP contribution in [0.25, 0.3) is 0 Å². The van der Waals surface area contributed by atoms with E-state index >= 15 is 0 Å². The molecule has 0 bridgehead atoms. The van der Waals surface area contributed by atoms with E-state index < -0.39 is 0 Å². The molecule has 0 heterocycles. The van der Waals surface area contributed by atoms with Gasteiger partial charge in [0.15, 0.2) is 0 Å². The van der Waals surface area contributed by atoms with E-state index in [1.807, 2.05) is 0 Å². The molecule has 112 valence electrons. The molecule has 2 atom stereocenters. The molecule has 0 aliphatic heterocycles. The van der Waals surface area contributed by atoms with Crippen molar-refractivity contribution in [2.45, 2.75) is 65.8 Å². The van der Waals surface area contributed by atoms with Crippen LogP contribution in [0, 0.1) is 18.3 Å². The molecule has 1 N–H and O–H groups in total. The summed E-state index contributed by atoms with van der Waals surface area (Å²) in [7, 11) is 0. The van der Waals surface area contributed by atoms with Gasteiger partial charge in [-0.25, -0.2) is 0 Å². The molecule has 2 rings (SSSR count). The minimum absolute atomic E-state index is 0.490. The molecular weight excluding hydrogens is 242 g/mol. The van der Waals surface area contributed by atoms with Gasteiger partial charge in [-0.15, -0.1) is 0 Å². The third kappa shape index (κ3) is 4.09. The van der Waals surface area contributed by atoms with Crippen molar-refractivity contribution >= 4 is 0 Å². The Morgan fingerprint density at radius 1 is 1.20 bits per heavy atom. The topological polar surface area (TPSA) is 12.0 Å². The number of hydrogen-bond donors (Lipinski definition) is 1. The lowest BCUT2D eigenvalue weighted by Crippen LogP contribution is -2.37. The van der Waals surface area contributed by atoms with E-state index in [0.29, 0.717) is 17.4 Å². The summed E-state index contributed by atoms with van der Waals surface area (Å²) in [6, 6.07) is 9.82. The third-order valence-corrected chi connectivity index (χ3v) is 4.83. The van der Waals surface area contributed by atoms with E-state index in [4.69, 9.17) is 0 Å². The monoisotopic (exact) mass is 273 g/mol. The normalized spacial score (nSPS) is 25.9. The van der Waals surface area contributed by atoms with Crippen LogP contribution in [0.3, 0.4) is 0 Å². The second-order valence-electron chi connectivity index (χ2n) is 7.75. The molecule has 1 aliphatic rings. The van der Waals surface area contributed by atoms with Gasteiger partial charge >= 0.3 is 0 Å². The fraction of sp³-hybridized carbons (Fsp3) is 0.684. The fourth-order valence-electron chi connectivity index (χ4n) is 3.48. The van der Waals surface area contributed by atoms with Crippen LogP contribution in [0.2, 0.25) is 0 Å². The third-order valence-electron chi connectivity index (χ3n) is 4.83. The molecule has 0 saturated heterocycles. The highest BCUT2D eigenvalue weighted by molar-refractivity contribution is 5.26. The predicted molar refractivity (Wildman–Crippen MR) is 88.2 cm³/mol. The van der Waals surface area contributed by atoms with Gasteiger partial charge in [-0.1, -0.05) is 57.5 Å². The maximum atomic E-state index is 3.65. The van der Waals surface area contributed by atoms with Gasteiger partial charge in [0.05, 0.1) is 0 Å². The number of benzene rings is 1. The average Bonchev–Trinajstić information content (AvgIpc) is 2.37. The summed E-state index contributed by atoms with van der Waals surface area (Å²) in [6.45, 7) is 12.7. The standard InChI is InChI=1S/C19H31N/c1-14(2)20-13-17-10-11-19(4,5)12-18(17)16-8-6-15(3)7-9-16/h6-9,14,17-18,20H,10-13H2,1-5H3. The van der Waals surface area contributed by atoms with Gasteiger partial charge in [-0.05, 0) is 55.5 Å². The molecule has 0 amide bonds. The number of hydrogen-bond acceptors (Lipinski definition) is 1. The van der Waals surface area contributed by atoms with Gasteiger partial charge in [0, 0.05) is 6.04 Å². The fourth-order valence-corrected chi connectivity index (χ4v) is 3.48. The Labute approximate surface area is 125 Å². The van der Waals surface area contributed by atoms with Crippen molar-refractivity contribution in [2.75, 3.05) is 6.54 Å². The van der Waals surface area contributed by atoms with Crippen molar-refractivity contribution in [1.82, 2.24) is 5.32 Å². The first kappa shape index (κ1) is 15.6. The maximum Gasteiger partial charge on any atom is 0.00104 e. The Morgan fingerprint density at radius 2 is 1.85 bits per heavy atom. The largest absolute Gasteiger partial charge is 0.314 e. The molecule has 1 aliphatic carbocycles. The summed E-state index contributed by atoms with van der Waals surface area (Å²) in [4.78, 5) is 0. The SMILES string of the molecule is Cc1ccc(C2CC(C)(C)CCC2CNC(C)C)cc1. The first-order chi connectivity index (χ1) is 9.37. The van der Waals surface area contributed by atoms with Crippen LogP contribution in [-0.2, 0) is 0 Å². The van der Waals surface area contributed by atoms with Gasteiger partial charge < -0.3 is 5.32 Å². The average molecular weight is 273 g/mol. The van der Waals surface area contributed by atoms with E-state index in [1.54, 1.807) is 5.56 Å². The number of nitrogens with one attached hydrogen (secondary N) is 1. The zero-order valence-corrected chi connectivity index (χ0v) is 13.9. The summed E-state index contributed by atoms with van der Waals surface area (Å²) >= 11 is 0. The van der Waals surface area contributed by atoms with Crippen LogP contribution >= 0.6 is 0 Å². The Kier molecular flexibility index (Phi) is 4.90. The summed E-state index contributed by atoms with van der Waals surface area (Å²) in [5.74, 6) is 1.50. The van der Waals surface area contributed by atoms with Crippen molar-refractivity contribution in [2.24, 2.45) is 11.3 Å². The number of rotatable bonds is 4. The van der Waals surface area contributed by atoms with Crippen LogP contribution in [-0.4, -0.2) is 12.6 Å². The Bertz CT molecular complexity index is 414. The summed E-state index contributed by atoms with van der Waals surface area (Å²) in [5.41, 5.74) is 3.39. The highest BCUT2D eigenvalue weighted by Gasteiger charge is 2.35. The zero-order valence-electron chi connectivity index (χ0n) is 13.9. The smallest absolute Gasteiger partial charge is 0.00104 e. The predicted octanol–water partition coefficient (Wildman–Crippen LogP) is 4.90. The molecule has 20 heavy (non-hydrogen) atoms. The van der Waals surface area contributed by atoms with Crippen molar-refractivity contribution in [1.29, 1.82) is 0 Å². The zero-order chi connectivity index (χ0) is 14.8. The molecule has 1 aromatic carbocycles. The molecule has 0 aromatic heterocycles. The second kappa shape index (κ2) is 6.30. The van der Waals surface area contributed by atoms with Gasteiger partial charge in [0.2, 0.25) is 0 Å². The first-order valence-electron chi connectivity index (χ1n) is 8.17. The highest BCUT2D eigenvalue weighted by atomic mass is 14.9. The molecule has 1 aromatic rings. The van der Waals surface area contributed by atoms with E-state index in [0.717, 1.165) is 12.5 Å². The lowest BCUT2D eigenvalue weighted by molar-refractivity contribution is 0.158. The molecule has 1 nitrogen and oxygen atoms in total. The highest BCUT2D eigenvalue weighted by Crippen LogP contribution is 2.46. The second-order valence-corrected chi connectivity index (χ2v) is 7.75. The van der Waals surface area contributed by atoms with Crippen LogP contribution in [0.5, 0.6) is 0 Å². The summed E-state index contributed by atoms with van der Waals surface area (Å²) in [5, 5.41) is 3.65. The Balaban J connectivity index is 2.15. The summed E-state index contributed by atoms with van der Waals surface area (Å²) in [6.07, 6.45) is 4.03. The molecule has 0 spiro atoms. The molecule has 2 unspecified atom stereocenters. The minimum atomic E-state index is 0.490. The molecular formula is C19H31N. The Hall–Kier alpha value is -0.820. The van der Waals surface area contributed by atoms with Crippen molar-refractivity contribution in [3.63, 3.8) is 0 Å². The van der Waals surface area contributed by atoms with Gasteiger partial charge in [-0.3, -0.25) is 0 Å². The van der Waals surface area contributed by atoms with Gasteiger partial charge in [0.1, 0.15) is 0 Å². The van der Waals surface area contributed by atoms with Crippen LogP contribution in [0.1, 0.15) is 64.0 Å². The van der Waals surface area contributed by atoms with Crippen LogP contribution < -0.4 is 5.32 Å². The lowest BCUT2D eigenvalue weighted by atomic mass is 9.65. The van der Waals surface area contributed by atoms with Crippen molar-refractivity contribution < 1.29 is 0 Å². The van der Waals surface area contributed by atoms with E-state index in [9.17, 15) is 0 Å². The lowest BCUT2D eigenvalue weighted by Gasteiger charge is -2.41. The quantitative estimate of drug-likeness (QED) is 0.822. The van der Waals surface area contributed by atoms with E-state index in [2.05, 4.69) is 64.2 Å². The molecule has 1 fully saturated rings. The molecule has 1 saturated carbocycles. The van der Waals surface area contributed by atoms with Crippen LogP contribution in [0.15, 0.2) is 24.3 Å². The van der Waals surface area contributed by atoms with Crippen molar-refractivity contribution in [3.8, 4) is 0 Å². The first-order valence-corrected chi connectivity index (χ1v) is 8.17. The Morgan fingerprint density at radius 3 is 2.45 bits per heavy atom. The van der Waals surface area contributed by atoms with Crippen molar-refractivity contribution in [3.05, 3.63) is 35.4 Å². The molecule has 0 radical (unpaired) electrons. The molecule has 1 heteroatoms. The van der Waals surface area contributed by atoms with E-state index in [1.165, 1.54) is 24.8 Å². The van der Waals surface area contributed by atoms with Gasteiger partial charge in [-0.2, -0.15) is 0 Å². The minimum Gasteiger partial charge on any atom is -0.314 e. The van der Waals surface area contributed by atoms with E-state index in [-0.39, 0.29) is 0 Å².